The Balaban J connectivity index is 1.66. The maximum absolute atomic E-state index is 5.93. The van der Waals surface area contributed by atoms with Crippen LogP contribution in [0, 0.1) is 0 Å². The van der Waals surface area contributed by atoms with Crippen LogP contribution in [0.15, 0.2) is 24.3 Å². The fourth-order valence-electron chi connectivity index (χ4n) is 2.11. The van der Waals surface area contributed by atoms with Crippen LogP contribution >= 0.6 is 0 Å². The molecule has 3 rings (SSSR count). The normalized spacial score (nSPS) is 24.7. The Morgan fingerprint density at radius 1 is 1.33 bits per heavy atom. The summed E-state index contributed by atoms with van der Waals surface area (Å²) < 4.78 is 5.93. The topological polar surface area (TPSA) is 24.5 Å². The number of likely N-dealkylation sites (tertiary alicyclic amines) is 1. The summed E-state index contributed by atoms with van der Waals surface area (Å²) in [7, 11) is 0. The van der Waals surface area contributed by atoms with Gasteiger partial charge in [0.05, 0.1) is 12.2 Å². The summed E-state index contributed by atoms with van der Waals surface area (Å²) in [5.41, 5.74) is 1.12. The van der Waals surface area contributed by atoms with Gasteiger partial charge in [-0.05, 0) is 31.6 Å². The zero-order valence-corrected chi connectivity index (χ0v) is 8.78. The van der Waals surface area contributed by atoms with Crippen molar-refractivity contribution in [1.82, 2.24) is 4.90 Å². The molecule has 0 radical (unpaired) electrons. The highest BCUT2D eigenvalue weighted by molar-refractivity contribution is 5.57. The van der Waals surface area contributed by atoms with E-state index in [1.54, 1.807) is 0 Å². The average Bonchev–Trinajstić information content (AvgIpc) is 2.23. The molecular weight excluding hydrogens is 188 g/mol. The van der Waals surface area contributed by atoms with Gasteiger partial charge in [-0.2, -0.15) is 0 Å². The van der Waals surface area contributed by atoms with Crippen LogP contribution in [0.25, 0.3) is 0 Å². The van der Waals surface area contributed by atoms with Crippen LogP contribution in [-0.4, -0.2) is 37.2 Å². The summed E-state index contributed by atoms with van der Waals surface area (Å²) >= 11 is 0. The molecule has 1 unspecified atom stereocenters. The van der Waals surface area contributed by atoms with Crippen molar-refractivity contribution in [3.63, 3.8) is 0 Å². The molecule has 0 saturated carbocycles. The molecule has 1 atom stereocenters. The third-order valence-corrected chi connectivity index (χ3v) is 3.11. The van der Waals surface area contributed by atoms with Gasteiger partial charge in [-0.25, -0.2) is 0 Å². The van der Waals surface area contributed by atoms with E-state index >= 15 is 0 Å². The lowest BCUT2D eigenvalue weighted by molar-refractivity contribution is 0.0968. The van der Waals surface area contributed by atoms with Crippen molar-refractivity contribution >= 4 is 5.69 Å². The van der Waals surface area contributed by atoms with Gasteiger partial charge in [0.15, 0.2) is 0 Å². The van der Waals surface area contributed by atoms with Gasteiger partial charge in [-0.15, -0.1) is 0 Å². The molecular formula is C12H16N2O. The van der Waals surface area contributed by atoms with Gasteiger partial charge in [0.2, 0.25) is 0 Å². The van der Waals surface area contributed by atoms with Gasteiger partial charge in [-0.3, -0.25) is 4.90 Å². The first kappa shape index (κ1) is 9.04. The van der Waals surface area contributed by atoms with E-state index in [9.17, 15) is 0 Å². The molecule has 2 aliphatic rings. The lowest BCUT2D eigenvalue weighted by Gasteiger charge is -2.36. The van der Waals surface area contributed by atoms with Gasteiger partial charge >= 0.3 is 0 Å². The number of benzene rings is 1. The number of rotatable bonds is 2. The molecule has 2 heterocycles. The Labute approximate surface area is 90.0 Å². The van der Waals surface area contributed by atoms with Gasteiger partial charge in [0.1, 0.15) is 11.9 Å². The van der Waals surface area contributed by atoms with Gasteiger partial charge in [0, 0.05) is 6.54 Å². The summed E-state index contributed by atoms with van der Waals surface area (Å²) in [6.07, 6.45) is 1.65. The summed E-state index contributed by atoms with van der Waals surface area (Å²) in [5, 5.41) is 3.41. The van der Waals surface area contributed by atoms with Gasteiger partial charge in [0.25, 0.3) is 0 Å². The van der Waals surface area contributed by atoms with Crippen molar-refractivity contribution < 1.29 is 4.74 Å². The number of nitrogens with one attached hydrogen (secondary N) is 1. The zero-order valence-electron chi connectivity index (χ0n) is 8.78. The number of fused-ring (bicyclic) bond motifs is 1. The second-order valence-corrected chi connectivity index (χ2v) is 4.27. The minimum atomic E-state index is 0.306. The number of hydrogen-bond acceptors (Lipinski definition) is 3. The Kier molecular flexibility index (Phi) is 2.25. The van der Waals surface area contributed by atoms with E-state index in [-0.39, 0.29) is 0 Å². The second-order valence-electron chi connectivity index (χ2n) is 4.27. The molecule has 2 aliphatic heterocycles. The highest BCUT2D eigenvalue weighted by Crippen LogP contribution is 2.28. The standard InChI is InChI=1S/C12H16N2O/c1-2-5-12-11(4-1)13-8-10(15-12)9-14-6-3-7-14/h1-2,4-5,10,13H,3,6-9H2. The van der Waals surface area contributed by atoms with Crippen molar-refractivity contribution in [3.05, 3.63) is 24.3 Å². The fraction of sp³-hybridized carbons (Fsp3) is 0.500. The van der Waals surface area contributed by atoms with E-state index in [4.69, 9.17) is 4.74 Å². The highest BCUT2D eigenvalue weighted by Gasteiger charge is 2.23. The molecule has 1 fully saturated rings. The first-order valence-electron chi connectivity index (χ1n) is 5.64. The van der Waals surface area contributed by atoms with Crippen LogP contribution in [0.3, 0.4) is 0 Å². The number of anilines is 1. The van der Waals surface area contributed by atoms with E-state index in [0.717, 1.165) is 24.5 Å². The monoisotopic (exact) mass is 204 g/mol. The molecule has 1 N–H and O–H groups in total. The molecule has 0 aromatic heterocycles. The Bertz CT molecular complexity index is 349. The number of nitrogens with zero attached hydrogens (tertiary/aromatic N) is 1. The molecule has 15 heavy (non-hydrogen) atoms. The van der Waals surface area contributed by atoms with Crippen molar-refractivity contribution in [1.29, 1.82) is 0 Å². The Morgan fingerprint density at radius 3 is 3.00 bits per heavy atom. The predicted octanol–water partition coefficient (Wildman–Crippen LogP) is 1.57. The maximum Gasteiger partial charge on any atom is 0.142 e. The molecule has 1 aromatic rings. The molecule has 3 heteroatoms. The number of ether oxygens (including phenoxy) is 1. The lowest BCUT2D eigenvalue weighted by Crippen LogP contribution is -2.47. The van der Waals surface area contributed by atoms with Crippen LogP contribution in [0.1, 0.15) is 6.42 Å². The quantitative estimate of drug-likeness (QED) is 0.791. The highest BCUT2D eigenvalue weighted by atomic mass is 16.5. The molecule has 1 saturated heterocycles. The largest absolute Gasteiger partial charge is 0.485 e. The van der Waals surface area contributed by atoms with Crippen LogP contribution in [0.5, 0.6) is 5.75 Å². The van der Waals surface area contributed by atoms with E-state index in [2.05, 4.69) is 16.3 Å². The first-order chi connectivity index (χ1) is 7.42. The minimum Gasteiger partial charge on any atom is -0.485 e. The molecule has 0 amide bonds. The first-order valence-corrected chi connectivity index (χ1v) is 5.64. The second kappa shape index (κ2) is 3.74. The average molecular weight is 204 g/mol. The Morgan fingerprint density at radius 2 is 2.20 bits per heavy atom. The van der Waals surface area contributed by atoms with Crippen molar-refractivity contribution in [2.45, 2.75) is 12.5 Å². The van der Waals surface area contributed by atoms with Crippen LogP contribution < -0.4 is 10.1 Å². The van der Waals surface area contributed by atoms with Crippen molar-refractivity contribution in [2.75, 3.05) is 31.5 Å². The number of para-hydroxylation sites is 2. The zero-order chi connectivity index (χ0) is 10.1. The Hall–Kier alpha value is -1.22. The van der Waals surface area contributed by atoms with Gasteiger partial charge in [-0.1, -0.05) is 12.1 Å². The molecule has 3 nitrogen and oxygen atoms in total. The fourth-order valence-corrected chi connectivity index (χ4v) is 2.11. The van der Waals surface area contributed by atoms with Crippen molar-refractivity contribution in [3.8, 4) is 5.75 Å². The molecule has 0 aliphatic carbocycles. The van der Waals surface area contributed by atoms with Crippen molar-refractivity contribution in [2.24, 2.45) is 0 Å². The van der Waals surface area contributed by atoms with E-state index in [0.29, 0.717) is 6.10 Å². The van der Waals surface area contributed by atoms with E-state index < -0.39 is 0 Å². The number of hydrogen-bond donors (Lipinski definition) is 1. The van der Waals surface area contributed by atoms with Gasteiger partial charge < -0.3 is 10.1 Å². The minimum absolute atomic E-state index is 0.306. The summed E-state index contributed by atoms with van der Waals surface area (Å²) in [4.78, 5) is 2.44. The maximum atomic E-state index is 5.93. The van der Waals surface area contributed by atoms with Crippen LogP contribution in [0.2, 0.25) is 0 Å². The van der Waals surface area contributed by atoms with Crippen LogP contribution in [0.4, 0.5) is 5.69 Å². The lowest BCUT2D eigenvalue weighted by atomic mass is 10.1. The van der Waals surface area contributed by atoms with E-state index in [1.165, 1.54) is 19.5 Å². The third kappa shape index (κ3) is 1.79. The summed E-state index contributed by atoms with van der Waals surface area (Å²) in [6.45, 7) is 4.46. The van der Waals surface area contributed by atoms with Crippen LogP contribution in [-0.2, 0) is 0 Å². The SMILES string of the molecule is c1ccc2c(c1)NCC(CN1CCC1)O2. The molecule has 80 valence electrons. The smallest absolute Gasteiger partial charge is 0.142 e. The summed E-state index contributed by atoms with van der Waals surface area (Å²) in [5.74, 6) is 0.995. The predicted molar refractivity (Wildman–Crippen MR) is 60.4 cm³/mol. The molecule has 0 bridgehead atoms. The molecule has 1 aromatic carbocycles. The van der Waals surface area contributed by atoms with E-state index in [1.807, 2.05) is 18.2 Å². The molecule has 0 spiro atoms. The summed E-state index contributed by atoms with van der Waals surface area (Å²) in [6, 6.07) is 8.15. The third-order valence-electron chi connectivity index (χ3n) is 3.11.